The fourth-order valence-corrected chi connectivity index (χ4v) is 2.55. The van der Waals surface area contributed by atoms with Crippen LogP contribution in [0.1, 0.15) is 53.9 Å². The number of nitrogens with one attached hydrogen (secondary N) is 1. The van der Waals surface area contributed by atoms with Crippen LogP contribution in [0.5, 0.6) is 0 Å². The van der Waals surface area contributed by atoms with E-state index in [0.29, 0.717) is 13.2 Å². The number of carbonyl (C=O) groups excluding carboxylic acids is 1. The SMILES string of the molecule is CCNC(=NCCC(C)(C)C)N1CCCC(C(=O)OCC)C1.I. The molecular formula is C17H34IN3O2. The van der Waals surface area contributed by atoms with Crippen molar-refractivity contribution in [2.24, 2.45) is 16.3 Å². The van der Waals surface area contributed by atoms with Crippen molar-refractivity contribution in [3.63, 3.8) is 0 Å². The summed E-state index contributed by atoms with van der Waals surface area (Å²) in [5.74, 6) is 0.832. The van der Waals surface area contributed by atoms with E-state index >= 15 is 0 Å². The standard InChI is InChI=1S/C17H33N3O2.HI/c1-6-18-16(19-11-10-17(3,4)5)20-12-8-9-14(13-20)15(21)22-7-2;/h14H,6-13H2,1-5H3,(H,18,19);1H. The van der Waals surface area contributed by atoms with Gasteiger partial charge in [-0.1, -0.05) is 20.8 Å². The Labute approximate surface area is 158 Å². The average molecular weight is 439 g/mol. The van der Waals surface area contributed by atoms with Crippen LogP contribution in [-0.4, -0.2) is 49.6 Å². The van der Waals surface area contributed by atoms with E-state index in [2.05, 4.69) is 37.9 Å². The molecule has 6 heteroatoms. The highest BCUT2D eigenvalue weighted by Gasteiger charge is 2.28. The van der Waals surface area contributed by atoms with Gasteiger partial charge >= 0.3 is 5.97 Å². The Balaban J connectivity index is 0.00000484. The van der Waals surface area contributed by atoms with Crippen LogP contribution >= 0.6 is 24.0 Å². The smallest absolute Gasteiger partial charge is 0.310 e. The molecule has 5 nitrogen and oxygen atoms in total. The molecule has 1 heterocycles. The molecule has 0 aliphatic carbocycles. The molecule has 0 saturated carbocycles. The molecule has 1 aliphatic rings. The van der Waals surface area contributed by atoms with Crippen LogP contribution in [0, 0.1) is 11.3 Å². The number of hydrogen-bond acceptors (Lipinski definition) is 3. The predicted molar refractivity (Wildman–Crippen MR) is 106 cm³/mol. The predicted octanol–water partition coefficient (Wildman–Crippen LogP) is 3.28. The molecule has 1 rings (SSSR count). The average Bonchev–Trinajstić information content (AvgIpc) is 2.45. The van der Waals surface area contributed by atoms with Gasteiger partial charge in [0.05, 0.1) is 12.5 Å². The van der Waals surface area contributed by atoms with Gasteiger partial charge in [-0.2, -0.15) is 0 Å². The molecule has 0 aromatic heterocycles. The van der Waals surface area contributed by atoms with E-state index in [1.54, 1.807) is 0 Å². The lowest BCUT2D eigenvalue weighted by molar-refractivity contribution is -0.149. The van der Waals surface area contributed by atoms with E-state index in [-0.39, 0.29) is 41.3 Å². The molecule has 136 valence electrons. The van der Waals surface area contributed by atoms with Gasteiger partial charge in [-0.3, -0.25) is 9.79 Å². The van der Waals surface area contributed by atoms with Gasteiger partial charge in [0.1, 0.15) is 0 Å². The molecule has 0 aromatic rings. The van der Waals surface area contributed by atoms with Crippen LogP contribution in [0.25, 0.3) is 0 Å². The van der Waals surface area contributed by atoms with Gasteiger partial charge in [0.2, 0.25) is 0 Å². The lowest BCUT2D eigenvalue weighted by Crippen LogP contribution is -2.48. The summed E-state index contributed by atoms with van der Waals surface area (Å²) in [5, 5.41) is 3.35. The Hall–Kier alpha value is -0.530. The highest BCUT2D eigenvalue weighted by atomic mass is 127. The van der Waals surface area contributed by atoms with E-state index in [4.69, 9.17) is 9.73 Å². The summed E-state index contributed by atoms with van der Waals surface area (Å²) < 4.78 is 5.17. The first-order valence-corrected chi connectivity index (χ1v) is 8.57. The zero-order valence-electron chi connectivity index (χ0n) is 15.4. The van der Waals surface area contributed by atoms with Crippen LogP contribution in [0.15, 0.2) is 4.99 Å². The minimum atomic E-state index is -0.0715. The summed E-state index contributed by atoms with van der Waals surface area (Å²) in [6, 6.07) is 0. The van der Waals surface area contributed by atoms with Gasteiger partial charge in [0, 0.05) is 26.2 Å². The molecule has 0 bridgehead atoms. The van der Waals surface area contributed by atoms with E-state index in [1.807, 2.05) is 6.92 Å². The van der Waals surface area contributed by atoms with E-state index in [0.717, 1.165) is 44.9 Å². The van der Waals surface area contributed by atoms with E-state index in [1.165, 1.54) is 0 Å². The van der Waals surface area contributed by atoms with Gasteiger partial charge in [-0.25, -0.2) is 0 Å². The molecule has 1 unspecified atom stereocenters. The molecule has 1 N–H and O–H groups in total. The Kier molecular flexibility index (Phi) is 10.8. The molecule has 0 amide bonds. The molecule has 0 radical (unpaired) electrons. The Morgan fingerprint density at radius 2 is 2.04 bits per heavy atom. The molecule has 0 spiro atoms. The number of ether oxygens (including phenoxy) is 1. The number of hydrogen-bond donors (Lipinski definition) is 1. The summed E-state index contributed by atoms with van der Waals surface area (Å²) in [4.78, 5) is 18.9. The van der Waals surface area contributed by atoms with Crippen molar-refractivity contribution in [2.75, 3.05) is 32.8 Å². The Morgan fingerprint density at radius 1 is 1.35 bits per heavy atom. The molecular weight excluding hydrogens is 405 g/mol. The van der Waals surface area contributed by atoms with Gasteiger partial charge in [0.25, 0.3) is 0 Å². The topological polar surface area (TPSA) is 53.9 Å². The monoisotopic (exact) mass is 439 g/mol. The highest BCUT2D eigenvalue weighted by molar-refractivity contribution is 14.0. The van der Waals surface area contributed by atoms with Crippen molar-refractivity contribution < 1.29 is 9.53 Å². The zero-order chi connectivity index (χ0) is 16.6. The molecule has 23 heavy (non-hydrogen) atoms. The second-order valence-corrected chi connectivity index (χ2v) is 7.08. The summed E-state index contributed by atoms with van der Waals surface area (Å²) in [6.45, 7) is 14.4. The number of rotatable bonds is 5. The van der Waals surface area contributed by atoms with Crippen molar-refractivity contribution in [3.8, 4) is 0 Å². The van der Waals surface area contributed by atoms with Crippen molar-refractivity contribution in [3.05, 3.63) is 0 Å². The minimum absolute atomic E-state index is 0. The molecule has 1 aliphatic heterocycles. The Morgan fingerprint density at radius 3 is 2.61 bits per heavy atom. The molecule has 0 aromatic carbocycles. The number of esters is 1. The van der Waals surface area contributed by atoms with Crippen LogP contribution in [0.4, 0.5) is 0 Å². The third-order valence-corrected chi connectivity index (χ3v) is 3.80. The van der Waals surface area contributed by atoms with Crippen molar-refractivity contribution >= 4 is 35.9 Å². The maximum Gasteiger partial charge on any atom is 0.310 e. The third-order valence-electron chi connectivity index (χ3n) is 3.80. The number of halogens is 1. The first kappa shape index (κ1) is 22.5. The summed E-state index contributed by atoms with van der Waals surface area (Å²) in [7, 11) is 0. The van der Waals surface area contributed by atoms with E-state index < -0.39 is 0 Å². The minimum Gasteiger partial charge on any atom is -0.466 e. The number of guanidine groups is 1. The van der Waals surface area contributed by atoms with Crippen LogP contribution in [0.3, 0.4) is 0 Å². The van der Waals surface area contributed by atoms with Crippen LogP contribution in [-0.2, 0) is 9.53 Å². The number of aliphatic imine (C=N–C) groups is 1. The molecule has 1 atom stereocenters. The number of piperidine rings is 1. The quantitative estimate of drug-likeness (QED) is 0.309. The van der Waals surface area contributed by atoms with Crippen LogP contribution < -0.4 is 5.32 Å². The van der Waals surface area contributed by atoms with Gasteiger partial charge in [0.15, 0.2) is 5.96 Å². The Bertz CT molecular complexity index is 381. The number of nitrogens with zero attached hydrogens (tertiary/aromatic N) is 2. The summed E-state index contributed by atoms with van der Waals surface area (Å²) in [6.07, 6.45) is 2.97. The lowest BCUT2D eigenvalue weighted by Gasteiger charge is -2.34. The maximum atomic E-state index is 12.0. The number of carbonyl (C=O) groups is 1. The largest absolute Gasteiger partial charge is 0.466 e. The molecule has 1 fully saturated rings. The first-order chi connectivity index (χ1) is 10.4. The number of likely N-dealkylation sites (tertiary alicyclic amines) is 1. The normalized spacial score (nSPS) is 19.1. The van der Waals surface area contributed by atoms with Crippen LogP contribution in [0.2, 0.25) is 0 Å². The fraction of sp³-hybridized carbons (Fsp3) is 0.882. The fourth-order valence-electron chi connectivity index (χ4n) is 2.55. The third kappa shape index (κ3) is 8.77. The van der Waals surface area contributed by atoms with Crippen molar-refractivity contribution in [1.82, 2.24) is 10.2 Å². The summed E-state index contributed by atoms with van der Waals surface area (Å²) in [5.41, 5.74) is 0.288. The second-order valence-electron chi connectivity index (χ2n) is 7.08. The second kappa shape index (κ2) is 11.1. The summed E-state index contributed by atoms with van der Waals surface area (Å²) >= 11 is 0. The lowest BCUT2D eigenvalue weighted by atomic mass is 9.92. The van der Waals surface area contributed by atoms with Crippen molar-refractivity contribution in [1.29, 1.82) is 0 Å². The van der Waals surface area contributed by atoms with Crippen molar-refractivity contribution in [2.45, 2.75) is 53.9 Å². The van der Waals surface area contributed by atoms with E-state index in [9.17, 15) is 4.79 Å². The highest BCUT2D eigenvalue weighted by Crippen LogP contribution is 2.20. The zero-order valence-corrected chi connectivity index (χ0v) is 17.7. The van der Waals surface area contributed by atoms with Gasteiger partial charge < -0.3 is 15.0 Å². The maximum absolute atomic E-state index is 12.0. The van der Waals surface area contributed by atoms with Gasteiger partial charge in [-0.05, 0) is 38.5 Å². The first-order valence-electron chi connectivity index (χ1n) is 8.57. The molecule has 1 saturated heterocycles. The van der Waals surface area contributed by atoms with Gasteiger partial charge in [-0.15, -0.1) is 24.0 Å².